The first-order valence-electron chi connectivity index (χ1n) is 5.44. The quantitative estimate of drug-likeness (QED) is 0.940. The number of aromatic nitrogens is 2. The zero-order chi connectivity index (χ0) is 14.7. The van der Waals surface area contributed by atoms with Crippen molar-refractivity contribution in [2.24, 2.45) is 0 Å². The first-order valence-corrected chi connectivity index (χ1v) is 6.57. The molecule has 2 rings (SSSR count). The Kier molecular flexibility index (Phi) is 4.65. The van der Waals surface area contributed by atoms with Crippen molar-refractivity contribution in [2.75, 3.05) is 5.32 Å². The normalized spacial score (nSPS) is 10.3. The third kappa shape index (κ3) is 3.50. The molecular weight excluding hydrogens is 325 g/mol. The summed E-state index contributed by atoms with van der Waals surface area (Å²) >= 11 is 17.1. The Bertz CT molecular complexity index is 698. The van der Waals surface area contributed by atoms with Crippen LogP contribution in [0.15, 0.2) is 35.3 Å². The summed E-state index contributed by atoms with van der Waals surface area (Å²) in [6, 6.07) is 6.57. The molecule has 1 amide bonds. The highest BCUT2D eigenvalue weighted by Gasteiger charge is 2.10. The van der Waals surface area contributed by atoms with Gasteiger partial charge in [-0.3, -0.25) is 9.59 Å². The number of rotatable bonds is 3. The van der Waals surface area contributed by atoms with Crippen molar-refractivity contribution in [3.8, 4) is 0 Å². The van der Waals surface area contributed by atoms with Crippen LogP contribution in [0.4, 0.5) is 5.69 Å². The Balaban J connectivity index is 2.11. The fourth-order valence-electron chi connectivity index (χ4n) is 1.43. The Morgan fingerprint density at radius 1 is 1.20 bits per heavy atom. The lowest BCUT2D eigenvalue weighted by Crippen LogP contribution is -2.29. The molecule has 0 bridgehead atoms. The molecule has 0 radical (unpaired) electrons. The third-order valence-corrected chi connectivity index (χ3v) is 3.36. The van der Waals surface area contributed by atoms with Gasteiger partial charge in [0.1, 0.15) is 11.6 Å². The van der Waals surface area contributed by atoms with Crippen LogP contribution in [0, 0.1) is 0 Å². The minimum absolute atomic E-state index is 0.0472. The number of nitrogens with one attached hydrogen (secondary N) is 1. The van der Waals surface area contributed by atoms with Crippen LogP contribution in [-0.2, 0) is 11.3 Å². The highest BCUT2D eigenvalue weighted by molar-refractivity contribution is 6.41. The summed E-state index contributed by atoms with van der Waals surface area (Å²) in [5.74, 6) is -0.416. The molecule has 2 aromatic rings. The molecule has 0 spiro atoms. The van der Waals surface area contributed by atoms with Crippen molar-refractivity contribution in [1.82, 2.24) is 9.78 Å². The van der Waals surface area contributed by atoms with Gasteiger partial charge in [0, 0.05) is 10.7 Å². The second-order valence-electron chi connectivity index (χ2n) is 3.82. The van der Waals surface area contributed by atoms with E-state index < -0.39 is 11.5 Å². The van der Waals surface area contributed by atoms with Crippen LogP contribution in [0.3, 0.4) is 0 Å². The second kappa shape index (κ2) is 6.26. The number of hydrogen-bond acceptors (Lipinski definition) is 3. The van der Waals surface area contributed by atoms with E-state index in [9.17, 15) is 9.59 Å². The number of carbonyl (C=O) groups excluding carboxylic acids is 1. The molecule has 0 aliphatic rings. The molecule has 1 N–H and O–H groups in total. The van der Waals surface area contributed by atoms with Crippen LogP contribution in [-0.4, -0.2) is 15.7 Å². The van der Waals surface area contributed by atoms with E-state index in [0.29, 0.717) is 10.7 Å². The second-order valence-corrected chi connectivity index (χ2v) is 5.05. The smallest absolute Gasteiger partial charge is 0.287 e. The lowest BCUT2D eigenvalue weighted by atomic mass is 10.3. The Hall–Kier alpha value is -1.56. The molecule has 20 heavy (non-hydrogen) atoms. The first kappa shape index (κ1) is 14.8. The maximum absolute atomic E-state index is 11.8. The molecular formula is C12H8Cl3N3O2. The summed E-state index contributed by atoms with van der Waals surface area (Å²) in [6.45, 7) is -0.266. The molecule has 0 aliphatic carbocycles. The molecule has 1 aromatic carbocycles. The monoisotopic (exact) mass is 331 g/mol. The molecule has 0 atom stereocenters. The number of hydrogen-bond donors (Lipinski definition) is 1. The van der Waals surface area contributed by atoms with Gasteiger partial charge in [0.15, 0.2) is 0 Å². The van der Waals surface area contributed by atoms with Crippen LogP contribution in [0.1, 0.15) is 0 Å². The zero-order valence-electron chi connectivity index (χ0n) is 9.94. The van der Waals surface area contributed by atoms with Crippen LogP contribution in [0.5, 0.6) is 0 Å². The fraction of sp³-hybridized carbons (Fsp3) is 0.0833. The number of anilines is 1. The van der Waals surface area contributed by atoms with Crippen molar-refractivity contribution in [3.05, 3.63) is 55.9 Å². The largest absolute Gasteiger partial charge is 0.324 e. The average molecular weight is 333 g/mol. The van der Waals surface area contributed by atoms with Gasteiger partial charge in [-0.05, 0) is 24.3 Å². The van der Waals surface area contributed by atoms with E-state index in [1.807, 2.05) is 0 Å². The van der Waals surface area contributed by atoms with Gasteiger partial charge in [-0.25, -0.2) is 4.68 Å². The molecule has 1 aromatic heterocycles. The van der Waals surface area contributed by atoms with Crippen molar-refractivity contribution in [3.63, 3.8) is 0 Å². The maximum atomic E-state index is 11.8. The topological polar surface area (TPSA) is 64.0 Å². The molecule has 0 fully saturated rings. The van der Waals surface area contributed by atoms with Gasteiger partial charge in [-0.1, -0.05) is 34.8 Å². The van der Waals surface area contributed by atoms with Gasteiger partial charge >= 0.3 is 0 Å². The molecule has 5 nitrogen and oxygen atoms in total. The molecule has 1 heterocycles. The summed E-state index contributed by atoms with van der Waals surface area (Å²) in [5.41, 5.74) is -0.0575. The van der Waals surface area contributed by atoms with Gasteiger partial charge in [0.2, 0.25) is 5.91 Å². The Labute approximate surface area is 129 Å². The van der Waals surface area contributed by atoms with Crippen LogP contribution < -0.4 is 10.9 Å². The summed E-state index contributed by atoms with van der Waals surface area (Å²) in [4.78, 5) is 23.5. The minimum Gasteiger partial charge on any atom is -0.324 e. The first-order chi connectivity index (χ1) is 9.47. The van der Waals surface area contributed by atoms with Crippen molar-refractivity contribution < 1.29 is 4.79 Å². The minimum atomic E-state index is -0.620. The number of amides is 1. The summed E-state index contributed by atoms with van der Waals surface area (Å²) in [6.07, 6.45) is 1.21. The maximum Gasteiger partial charge on any atom is 0.287 e. The fourth-order valence-corrected chi connectivity index (χ4v) is 1.82. The van der Waals surface area contributed by atoms with Gasteiger partial charge in [-0.2, -0.15) is 5.10 Å². The van der Waals surface area contributed by atoms with E-state index in [-0.39, 0.29) is 16.6 Å². The van der Waals surface area contributed by atoms with E-state index in [0.717, 1.165) is 4.68 Å². The number of halogens is 3. The zero-order valence-corrected chi connectivity index (χ0v) is 12.2. The summed E-state index contributed by atoms with van der Waals surface area (Å²) < 4.78 is 0.930. The molecule has 0 aliphatic heterocycles. The standard InChI is InChI=1S/C12H8Cl3N3O2/c13-7-1-3-8(4-2-7)17-10(19)6-18-12(20)11(15)9(14)5-16-18/h1-5H,6H2,(H,17,19). The van der Waals surface area contributed by atoms with Crippen LogP contribution in [0.2, 0.25) is 15.1 Å². The molecule has 8 heteroatoms. The molecule has 0 saturated carbocycles. The van der Waals surface area contributed by atoms with Gasteiger partial charge in [-0.15, -0.1) is 0 Å². The average Bonchev–Trinajstić information content (AvgIpc) is 2.42. The van der Waals surface area contributed by atoms with E-state index in [1.54, 1.807) is 24.3 Å². The Morgan fingerprint density at radius 2 is 1.85 bits per heavy atom. The molecule has 104 valence electrons. The van der Waals surface area contributed by atoms with Crippen molar-refractivity contribution in [2.45, 2.75) is 6.54 Å². The highest BCUT2D eigenvalue weighted by Crippen LogP contribution is 2.15. The van der Waals surface area contributed by atoms with E-state index in [2.05, 4.69) is 10.4 Å². The lowest BCUT2D eigenvalue weighted by molar-refractivity contribution is -0.117. The van der Waals surface area contributed by atoms with Gasteiger partial charge in [0.05, 0.1) is 11.2 Å². The van der Waals surface area contributed by atoms with Gasteiger partial charge in [0.25, 0.3) is 5.56 Å². The molecule has 0 unspecified atom stereocenters. The predicted molar refractivity (Wildman–Crippen MR) is 78.6 cm³/mol. The van der Waals surface area contributed by atoms with E-state index >= 15 is 0 Å². The van der Waals surface area contributed by atoms with Crippen molar-refractivity contribution in [1.29, 1.82) is 0 Å². The third-order valence-electron chi connectivity index (χ3n) is 2.36. The van der Waals surface area contributed by atoms with Gasteiger partial charge < -0.3 is 5.32 Å². The SMILES string of the molecule is O=C(Cn1ncc(Cl)c(Cl)c1=O)Nc1ccc(Cl)cc1. The van der Waals surface area contributed by atoms with Crippen LogP contribution in [0.25, 0.3) is 0 Å². The van der Waals surface area contributed by atoms with Crippen LogP contribution >= 0.6 is 34.8 Å². The highest BCUT2D eigenvalue weighted by atomic mass is 35.5. The Morgan fingerprint density at radius 3 is 2.50 bits per heavy atom. The number of benzene rings is 1. The lowest BCUT2D eigenvalue weighted by Gasteiger charge is -2.07. The predicted octanol–water partition coefficient (Wildman–Crippen LogP) is 2.84. The van der Waals surface area contributed by atoms with E-state index in [4.69, 9.17) is 34.8 Å². The van der Waals surface area contributed by atoms with E-state index in [1.165, 1.54) is 6.20 Å². The summed E-state index contributed by atoms with van der Waals surface area (Å²) in [7, 11) is 0. The van der Waals surface area contributed by atoms with Crippen molar-refractivity contribution >= 4 is 46.4 Å². The summed E-state index contributed by atoms with van der Waals surface area (Å²) in [5, 5.41) is 6.79. The number of carbonyl (C=O) groups is 1. The molecule has 0 saturated heterocycles. The number of nitrogens with zero attached hydrogens (tertiary/aromatic N) is 2.